The van der Waals surface area contributed by atoms with E-state index in [0.717, 1.165) is 16.7 Å². The van der Waals surface area contributed by atoms with E-state index in [1.54, 1.807) is 88.4 Å². The van der Waals surface area contributed by atoms with Crippen molar-refractivity contribution < 1.29 is 48.5 Å². The minimum Gasteiger partial charge on any atom is -0.484 e. The first-order valence-corrected chi connectivity index (χ1v) is 16.8. The van der Waals surface area contributed by atoms with Crippen LogP contribution in [-0.4, -0.2) is 113 Å². The van der Waals surface area contributed by atoms with Crippen molar-refractivity contribution in [2.24, 2.45) is 0 Å². The normalized spacial score (nSPS) is 25.7. The highest BCUT2D eigenvalue weighted by molar-refractivity contribution is 8.02. The number of nitrogens with zero attached hydrogens (tertiary/aromatic N) is 2. The van der Waals surface area contributed by atoms with Gasteiger partial charge < -0.3 is 40.1 Å². The molecule has 0 aliphatic carbocycles. The molecule has 4 N–H and O–H groups in total. The lowest BCUT2D eigenvalue weighted by Crippen LogP contribution is -2.72. The van der Waals surface area contributed by atoms with Crippen molar-refractivity contribution in [2.75, 3.05) is 13.2 Å². The Morgan fingerprint density at radius 3 is 1.85 bits per heavy atom. The summed E-state index contributed by atoms with van der Waals surface area (Å²) in [6.45, 7) is 5.73. The van der Waals surface area contributed by atoms with Crippen LogP contribution in [0.15, 0.2) is 60.7 Å². The van der Waals surface area contributed by atoms with E-state index in [-0.39, 0.29) is 6.61 Å². The van der Waals surface area contributed by atoms with E-state index in [4.69, 9.17) is 9.47 Å². The van der Waals surface area contributed by atoms with Gasteiger partial charge in [0, 0.05) is 9.49 Å². The Labute approximate surface area is 284 Å². The Morgan fingerprint density at radius 1 is 0.812 bits per heavy atom. The lowest BCUT2D eigenvalue weighted by molar-refractivity contribution is -0.163. The van der Waals surface area contributed by atoms with Gasteiger partial charge in [-0.15, -0.1) is 23.5 Å². The zero-order valence-electron chi connectivity index (χ0n) is 26.5. The van der Waals surface area contributed by atoms with Crippen LogP contribution in [0.4, 0.5) is 0 Å². The molecule has 5 rings (SSSR count). The van der Waals surface area contributed by atoms with Crippen LogP contribution in [0.25, 0.3) is 0 Å². The molecule has 6 atom stereocenters. The molecule has 3 fully saturated rings. The topological polar surface area (TPSA) is 192 Å². The lowest BCUT2D eigenvalue weighted by atomic mass is 9.92. The Balaban J connectivity index is 1.35. The van der Waals surface area contributed by atoms with E-state index in [0.29, 0.717) is 11.5 Å². The van der Waals surface area contributed by atoms with Crippen molar-refractivity contribution in [3.05, 3.63) is 60.7 Å². The number of β-lactam (4-membered cyclic amide) rings is 1. The number of ether oxygens (including phenoxy) is 2. The Hall–Kier alpha value is -4.44. The van der Waals surface area contributed by atoms with Crippen LogP contribution < -0.4 is 20.1 Å². The van der Waals surface area contributed by atoms with Crippen molar-refractivity contribution in [3.8, 4) is 11.5 Å². The summed E-state index contributed by atoms with van der Waals surface area (Å²) in [6, 6.07) is 11.7. The zero-order valence-corrected chi connectivity index (χ0v) is 28.2. The lowest BCUT2D eigenvalue weighted by Gasteiger charge is -2.46. The molecule has 48 heavy (non-hydrogen) atoms. The summed E-state index contributed by atoms with van der Waals surface area (Å²) in [4.78, 5) is 81.1. The smallest absolute Gasteiger partial charge is 0.329 e. The Kier molecular flexibility index (Phi) is 9.87. The second kappa shape index (κ2) is 13.6. The third kappa shape index (κ3) is 6.90. The summed E-state index contributed by atoms with van der Waals surface area (Å²) in [7, 11) is 0. The number of thioether (sulfide) groups is 2. The minimum absolute atomic E-state index is 0.336. The summed E-state index contributed by atoms with van der Waals surface area (Å²) in [5, 5.41) is 23.6. The van der Waals surface area contributed by atoms with Crippen LogP contribution in [0.3, 0.4) is 0 Å². The Bertz CT molecular complexity index is 1590. The SMILES string of the molecule is CC1(C)S[C@@H]2[C@H](NC(=O)COc3ccccc3)C(=O)N2[C@H]1C(=O)N1[C@@H]([C@H](NC(=O)COc2ccccc2)C(=O)O)SC(C)(C)[C@@H]1C(=O)O. The fourth-order valence-electron chi connectivity index (χ4n) is 6.11. The van der Waals surface area contributed by atoms with E-state index in [2.05, 4.69) is 10.6 Å². The van der Waals surface area contributed by atoms with Gasteiger partial charge in [0.25, 0.3) is 11.8 Å². The summed E-state index contributed by atoms with van der Waals surface area (Å²) >= 11 is 2.20. The molecular weight excluding hydrogens is 665 g/mol. The average Bonchev–Trinajstić information content (AvgIpc) is 3.47. The number of carbonyl (C=O) groups excluding carboxylic acids is 4. The number of hydrogen-bond acceptors (Lipinski definition) is 10. The number of carboxylic acids is 2. The molecule has 2 aromatic carbocycles. The van der Waals surface area contributed by atoms with Gasteiger partial charge in [-0.05, 0) is 52.0 Å². The number of nitrogens with one attached hydrogen (secondary N) is 2. The molecule has 0 radical (unpaired) electrons. The van der Waals surface area contributed by atoms with Crippen LogP contribution >= 0.6 is 23.5 Å². The maximum absolute atomic E-state index is 14.5. The quantitative estimate of drug-likeness (QED) is 0.233. The molecule has 3 aliphatic heterocycles. The molecule has 14 nitrogen and oxygen atoms in total. The van der Waals surface area contributed by atoms with E-state index >= 15 is 0 Å². The highest BCUT2D eigenvalue weighted by atomic mass is 32.2. The monoisotopic (exact) mass is 700 g/mol. The van der Waals surface area contributed by atoms with Gasteiger partial charge in [0.05, 0.1) is 0 Å². The van der Waals surface area contributed by atoms with Gasteiger partial charge in [0.2, 0.25) is 11.8 Å². The van der Waals surface area contributed by atoms with Gasteiger partial charge in [-0.1, -0.05) is 36.4 Å². The summed E-state index contributed by atoms with van der Waals surface area (Å²) in [6.07, 6.45) is 0. The number of amides is 4. The van der Waals surface area contributed by atoms with E-state index in [1.165, 1.54) is 16.7 Å². The number of carboxylic acid groups (broad SMARTS) is 2. The molecule has 3 heterocycles. The van der Waals surface area contributed by atoms with Crippen LogP contribution in [0.1, 0.15) is 27.7 Å². The maximum Gasteiger partial charge on any atom is 0.329 e. The fourth-order valence-corrected chi connectivity index (χ4v) is 9.37. The van der Waals surface area contributed by atoms with Crippen molar-refractivity contribution in [3.63, 3.8) is 0 Å². The van der Waals surface area contributed by atoms with Crippen LogP contribution in [0, 0.1) is 0 Å². The molecule has 4 amide bonds. The number of rotatable bonds is 12. The van der Waals surface area contributed by atoms with Gasteiger partial charge in [0.15, 0.2) is 19.3 Å². The van der Waals surface area contributed by atoms with Gasteiger partial charge in [-0.2, -0.15) is 0 Å². The molecule has 16 heteroatoms. The molecule has 256 valence electrons. The first-order valence-electron chi connectivity index (χ1n) is 15.0. The fraction of sp³-hybridized carbons (Fsp3) is 0.438. The van der Waals surface area contributed by atoms with E-state index < -0.39 is 86.6 Å². The van der Waals surface area contributed by atoms with Crippen LogP contribution in [0.5, 0.6) is 11.5 Å². The van der Waals surface area contributed by atoms with Crippen LogP contribution in [0.2, 0.25) is 0 Å². The first kappa shape index (κ1) is 34.9. The number of aliphatic carboxylic acids is 2. The molecule has 0 saturated carbocycles. The predicted molar refractivity (Wildman–Crippen MR) is 175 cm³/mol. The third-order valence-electron chi connectivity index (χ3n) is 8.21. The largest absolute Gasteiger partial charge is 0.484 e. The molecule has 2 aromatic rings. The molecule has 0 aromatic heterocycles. The predicted octanol–water partition coefficient (Wildman–Crippen LogP) is 1.39. The molecule has 0 bridgehead atoms. The van der Waals surface area contributed by atoms with Crippen molar-refractivity contribution in [1.29, 1.82) is 0 Å². The summed E-state index contributed by atoms with van der Waals surface area (Å²) in [5.41, 5.74) is 0. The van der Waals surface area contributed by atoms with Crippen molar-refractivity contribution in [1.82, 2.24) is 20.4 Å². The van der Waals surface area contributed by atoms with Gasteiger partial charge >= 0.3 is 11.9 Å². The number of carbonyl (C=O) groups is 6. The second-order valence-corrected chi connectivity index (χ2v) is 16.0. The van der Waals surface area contributed by atoms with Gasteiger partial charge in [-0.25, -0.2) is 9.59 Å². The van der Waals surface area contributed by atoms with E-state index in [9.17, 15) is 39.0 Å². The minimum atomic E-state index is -1.72. The van der Waals surface area contributed by atoms with Crippen molar-refractivity contribution in [2.45, 2.75) is 72.1 Å². The number of fused-ring (bicyclic) bond motifs is 1. The summed E-state index contributed by atoms with van der Waals surface area (Å²) < 4.78 is 8.77. The number of para-hydroxylation sites is 2. The standard InChI is InChI=1S/C32H36N4O10S2/c1-31(2)23(35-25(39)21(27(35)47-31)33-19(37)15-45-17-11-7-5-8-12-17)26(40)36-24(30(43)44)32(3,4)48-28(36)22(29(41)42)34-20(38)16-46-18-13-9-6-10-14-18/h5-14,21-24,27-28H,15-16H2,1-4H3,(H,33,37)(H,34,38)(H,41,42)(H,43,44)/t21-,22+,23+,24+,27-,28-/m1/s1. The van der Waals surface area contributed by atoms with E-state index in [1.807, 2.05) is 0 Å². The first-order chi connectivity index (χ1) is 22.6. The highest BCUT2D eigenvalue weighted by Gasteiger charge is 2.67. The molecule has 3 aliphatic rings. The maximum atomic E-state index is 14.5. The number of benzene rings is 2. The highest BCUT2D eigenvalue weighted by Crippen LogP contribution is 2.53. The van der Waals surface area contributed by atoms with Gasteiger partial charge in [0.1, 0.15) is 40.4 Å². The number of hydrogen-bond donors (Lipinski definition) is 4. The Morgan fingerprint density at radius 2 is 1.33 bits per heavy atom. The summed E-state index contributed by atoms with van der Waals surface area (Å²) in [5.74, 6) is -4.65. The zero-order chi connectivity index (χ0) is 35.0. The van der Waals surface area contributed by atoms with Crippen molar-refractivity contribution >= 4 is 59.1 Å². The third-order valence-corrected chi connectivity index (χ3v) is 11.4. The molecule has 0 unspecified atom stereocenters. The van der Waals surface area contributed by atoms with Crippen LogP contribution in [-0.2, 0) is 28.8 Å². The second-order valence-electron chi connectivity index (χ2n) is 12.5. The van der Waals surface area contributed by atoms with Gasteiger partial charge in [-0.3, -0.25) is 19.2 Å². The molecule has 3 saturated heterocycles. The average molecular weight is 701 g/mol. The molecule has 0 spiro atoms. The molecular formula is C32H36N4O10S2.